The topological polar surface area (TPSA) is 54.0 Å². The van der Waals surface area contributed by atoms with Crippen LogP contribution >= 0.6 is 0 Å². The molecule has 1 saturated heterocycles. The van der Waals surface area contributed by atoms with Crippen molar-refractivity contribution in [1.82, 2.24) is 15.1 Å². The van der Waals surface area contributed by atoms with E-state index in [0.29, 0.717) is 6.79 Å². The molecule has 2 heterocycles. The summed E-state index contributed by atoms with van der Waals surface area (Å²) in [6.45, 7) is 12.8. The predicted molar refractivity (Wildman–Crippen MR) is 101 cm³/mol. The summed E-state index contributed by atoms with van der Waals surface area (Å²) >= 11 is 0. The third-order valence-electron chi connectivity index (χ3n) is 5.10. The molecule has 2 aliphatic rings. The SMILES string of the molecule is C/C(=C\NC(=O)N1CCN(Cc2ccc3c(c2)OCO3)CC1)C(C)(C)C. The summed E-state index contributed by atoms with van der Waals surface area (Å²) in [6.07, 6.45) is 1.83. The van der Waals surface area contributed by atoms with Crippen molar-refractivity contribution in [3.05, 3.63) is 35.5 Å². The Kier molecular flexibility index (Phi) is 5.41. The highest BCUT2D eigenvalue weighted by Crippen LogP contribution is 2.32. The van der Waals surface area contributed by atoms with Gasteiger partial charge in [0, 0.05) is 38.9 Å². The lowest BCUT2D eigenvalue weighted by atomic mass is 9.88. The van der Waals surface area contributed by atoms with Gasteiger partial charge in [-0.15, -0.1) is 0 Å². The molecule has 6 nitrogen and oxygen atoms in total. The minimum atomic E-state index is -0.0173. The molecular weight excluding hydrogens is 330 g/mol. The van der Waals surface area contributed by atoms with Crippen LogP contribution in [0.3, 0.4) is 0 Å². The summed E-state index contributed by atoms with van der Waals surface area (Å²) in [4.78, 5) is 16.6. The number of urea groups is 1. The summed E-state index contributed by atoms with van der Waals surface area (Å²) in [5.74, 6) is 1.63. The van der Waals surface area contributed by atoms with Crippen LogP contribution in [-0.4, -0.2) is 48.8 Å². The number of hydrogen-bond acceptors (Lipinski definition) is 4. The molecule has 1 N–H and O–H groups in total. The Hall–Kier alpha value is -2.21. The summed E-state index contributed by atoms with van der Waals surface area (Å²) in [5, 5.41) is 2.93. The maximum atomic E-state index is 12.3. The van der Waals surface area contributed by atoms with E-state index in [9.17, 15) is 4.79 Å². The number of hydrogen-bond donors (Lipinski definition) is 1. The molecule has 0 aromatic heterocycles. The Bertz CT molecular complexity index is 686. The fourth-order valence-electron chi connectivity index (χ4n) is 2.88. The molecule has 0 bridgehead atoms. The van der Waals surface area contributed by atoms with Gasteiger partial charge in [-0.25, -0.2) is 4.79 Å². The third kappa shape index (κ3) is 4.49. The second-order valence-corrected chi connectivity index (χ2v) is 7.98. The Morgan fingerprint density at radius 1 is 1.15 bits per heavy atom. The summed E-state index contributed by atoms with van der Waals surface area (Å²) in [6, 6.07) is 6.07. The number of nitrogens with one attached hydrogen (secondary N) is 1. The van der Waals surface area contributed by atoms with Crippen molar-refractivity contribution in [2.24, 2.45) is 5.41 Å². The Morgan fingerprint density at radius 2 is 1.85 bits per heavy atom. The van der Waals surface area contributed by atoms with E-state index in [1.165, 1.54) is 5.56 Å². The van der Waals surface area contributed by atoms with Gasteiger partial charge in [0.05, 0.1) is 0 Å². The number of benzene rings is 1. The molecule has 2 aliphatic heterocycles. The minimum Gasteiger partial charge on any atom is -0.454 e. The number of carbonyl (C=O) groups is 1. The van der Waals surface area contributed by atoms with E-state index in [-0.39, 0.29) is 11.4 Å². The molecule has 1 fully saturated rings. The molecule has 3 rings (SSSR count). The number of amides is 2. The quantitative estimate of drug-likeness (QED) is 0.900. The van der Waals surface area contributed by atoms with Crippen LogP contribution in [0.15, 0.2) is 30.0 Å². The zero-order valence-corrected chi connectivity index (χ0v) is 16.2. The van der Waals surface area contributed by atoms with Crippen LogP contribution in [0, 0.1) is 5.41 Å². The normalized spacial score (nSPS) is 18.2. The van der Waals surface area contributed by atoms with Crippen LogP contribution in [0.1, 0.15) is 33.3 Å². The zero-order valence-electron chi connectivity index (χ0n) is 16.2. The fraction of sp³-hybridized carbons (Fsp3) is 0.550. The number of nitrogens with zero attached hydrogens (tertiary/aromatic N) is 2. The molecule has 0 aliphatic carbocycles. The van der Waals surface area contributed by atoms with Crippen LogP contribution in [-0.2, 0) is 6.54 Å². The van der Waals surface area contributed by atoms with Gasteiger partial charge in [-0.2, -0.15) is 0 Å². The predicted octanol–water partition coefficient (Wildman–Crippen LogP) is 3.19. The van der Waals surface area contributed by atoms with Gasteiger partial charge in [0.1, 0.15) is 0 Å². The maximum absolute atomic E-state index is 12.3. The Labute approximate surface area is 155 Å². The first kappa shape index (κ1) is 18.6. The van der Waals surface area contributed by atoms with Gasteiger partial charge < -0.3 is 19.7 Å². The molecular formula is C20H29N3O3. The molecule has 1 aromatic carbocycles. The van der Waals surface area contributed by atoms with E-state index in [1.54, 1.807) is 0 Å². The van der Waals surface area contributed by atoms with E-state index >= 15 is 0 Å². The molecule has 0 spiro atoms. The van der Waals surface area contributed by atoms with Crippen molar-refractivity contribution in [1.29, 1.82) is 0 Å². The summed E-state index contributed by atoms with van der Waals surface area (Å²) < 4.78 is 10.8. The van der Waals surface area contributed by atoms with Crippen LogP contribution < -0.4 is 14.8 Å². The van der Waals surface area contributed by atoms with Crippen molar-refractivity contribution in [3.63, 3.8) is 0 Å². The van der Waals surface area contributed by atoms with Gasteiger partial charge in [-0.1, -0.05) is 32.4 Å². The lowest BCUT2D eigenvalue weighted by molar-refractivity contribution is 0.137. The molecule has 0 atom stereocenters. The largest absolute Gasteiger partial charge is 0.454 e. The van der Waals surface area contributed by atoms with Gasteiger partial charge in [0.15, 0.2) is 11.5 Å². The van der Waals surface area contributed by atoms with Gasteiger partial charge in [0.2, 0.25) is 6.79 Å². The molecule has 1 aromatic rings. The average molecular weight is 359 g/mol. The number of fused-ring (bicyclic) bond motifs is 1. The highest BCUT2D eigenvalue weighted by molar-refractivity contribution is 5.75. The van der Waals surface area contributed by atoms with Crippen molar-refractivity contribution in [2.45, 2.75) is 34.2 Å². The van der Waals surface area contributed by atoms with Crippen LogP contribution in [0.5, 0.6) is 11.5 Å². The highest BCUT2D eigenvalue weighted by Gasteiger charge is 2.22. The third-order valence-corrected chi connectivity index (χ3v) is 5.10. The molecule has 142 valence electrons. The van der Waals surface area contributed by atoms with Crippen LogP contribution in [0.2, 0.25) is 0 Å². The smallest absolute Gasteiger partial charge is 0.321 e. The van der Waals surface area contributed by atoms with E-state index in [4.69, 9.17) is 9.47 Å². The molecule has 0 unspecified atom stereocenters. The van der Waals surface area contributed by atoms with Gasteiger partial charge in [-0.05, 0) is 30.0 Å². The van der Waals surface area contributed by atoms with E-state index in [1.807, 2.05) is 30.2 Å². The number of rotatable bonds is 3. The lowest BCUT2D eigenvalue weighted by Crippen LogP contribution is -2.50. The number of piperazine rings is 1. The van der Waals surface area contributed by atoms with Crippen molar-refractivity contribution >= 4 is 6.03 Å². The summed E-state index contributed by atoms with van der Waals surface area (Å²) in [7, 11) is 0. The van der Waals surface area contributed by atoms with E-state index in [2.05, 4.69) is 37.1 Å². The first-order chi connectivity index (χ1) is 12.3. The first-order valence-electron chi connectivity index (χ1n) is 9.16. The van der Waals surface area contributed by atoms with Crippen molar-refractivity contribution < 1.29 is 14.3 Å². The van der Waals surface area contributed by atoms with Crippen LogP contribution in [0.4, 0.5) is 4.79 Å². The monoisotopic (exact) mass is 359 g/mol. The minimum absolute atomic E-state index is 0.0173. The molecule has 0 saturated carbocycles. The number of allylic oxidation sites excluding steroid dienone is 1. The Morgan fingerprint density at radius 3 is 2.54 bits per heavy atom. The van der Waals surface area contributed by atoms with E-state index < -0.39 is 0 Å². The summed E-state index contributed by atoms with van der Waals surface area (Å²) in [5.41, 5.74) is 2.43. The highest BCUT2D eigenvalue weighted by atomic mass is 16.7. The fourth-order valence-corrected chi connectivity index (χ4v) is 2.88. The second kappa shape index (κ2) is 7.58. The molecule has 2 amide bonds. The molecule has 0 radical (unpaired) electrons. The zero-order chi connectivity index (χ0) is 18.7. The lowest BCUT2D eigenvalue weighted by Gasteiger charge is -2.34. The van der Waals surface area contributed by atoms with Gasteiger partial charge >= 0.3 is 6.03 Å². The Balaban J connectivity index is 1.47. The number of carbonyl (C=O) groups excluding carboxylic acids is 1. The van der Waals surface area contributed by atoms with Gasteiger partial charge in [-0.3, -0.25) is 4.90 Å². The number of ether oxygens (including phenoxy) is 2. The maximum Gasteiger partial charge on any atom is 0.321 e. The van der Waals surface area contributed by atoms with E-state index in [0.717, 1.165) is 49.8 Å². The van der Waals surface area contributed by atoms with Crippen molar-refractivity contribution in [2.75, 3.05) is 33.0 Å². The van der Waals surface area contributed by atoms with Gasteiger partial charge in [0.25, 0.3) is 0 Å². The molecule has 6 heteroatoms. The standard InChI is InChI=1S/C20H29N3O3/c1-15(20(2,3)4)12-21-19(24)23-9-7-22(8-10-23)13-16-5-6-17-18(11-16)26-14-25-17/h5-6,11-12H,7-10,13-14H2,1-4H3,(H,21,24)/b15-12+. The first-order valence-corrected chi connectivity index (χ1v) is 9.16. The average Bonchev–Trinajstić information content (AvgIpc) is 3.07. The molecule has 26 heavy (non-hydrogen) atoms. The second-order valence-electron chi connectivity index (χ2n) is 7.98. The van der Waals surface area contributed by atoms with Crippen LogP contribution in [0.25, 0.3) is 0 Å². The van der Waals surface area contributed by atoms with Crippen molar-refractivity contribution in [3.8, 4) is 11.5 Å².